The summed E-state index contributed by atoms with van der Waals surface area (Å²) in [7, 11) is -4.36. The van der Waals surface area contributed by atoms with Crippen molar-refractivity contribution in [3.05, 3.63) is 48.5 Å². The average Bonchev–Trinajstić information content (AvgIpc) is 2.51. The first kappa shape index (κ1) is 20.7. The van der Waals surface area contributed by atoms with Gasteiger partial charge in [-0.05, 0) is 16.8 Å². The zero-order valence-electron chi connectivity index (χ0n) is 18.6. The summed E-state index contributed by atoms with van der Waals surface area (Å²) < 4.78 is 0. The van der Waals surface area contributed by atoms with Gasteiger partial charge in [0.2, 0.25) is 0 Å². The second-order valence-corrected chi connectivity index (χ2v) is 51.2. The van der Waals surface area contributed by atoms with Crippen molar-refractivity contribution in [2.45, 2.75) is 58.9 Å². The van der Waals surface area contributed by atoms with Crippen molar-refractivity contribution in [1.29, 1.82) is 0 Å². The van der Waals surface area contributed by atoms with Crippen LogP contribution in [0.15, 0.2) is 48.5 Å². The Labute approximate surface area is 168 Å². The molecule has 27 heavy (non-hydrogen) atoms. The lowest BCUT2D eigenvalue weighted by molar-refractivity contribution is 1.49. The number of para-hydroxylation sites is 1. The van der Waals surface area contributed by atoms with Crippen molar-refractivity contribution in [3.63, 3.8) is 0 Å². The van der Waals surface area contributed by atoms with Crippen LogP contribution in [0.4, 0.5) is 0 Å². The highest BCUT2D eigenvalue weighted by Crippen LogP contribution is 2.38. The molecule has 0 spiro atoms. The van der Waals surface area contributed by atoms with E-state index in [2.05, 4.69) is 107 Å². The lowest BCUT2D eigenvalue weighted by Crippen LogP contribution is -2.88. The van der Waals surface area contributed by atoms with E-state index in [1.165, 1.54) is 21.7 Å². The molecule has 1 heterocycles. The fraction of sp³-hybridized carbons (Fsp3) is 0.409. The molecule has 0 bridgehead atoms. The number of nitrogens with zero attached hydrogens (tertiary/aromatic N) is 1. The van der Waals surface area contributed by atoms with Gasteiger partial charge in [-0.15, -0.1) is 0 Å². The van der Waals surface area contributed by atoms with Crippen molar-refractivity contribution < 1.29 is 0 Å². The molecule has 0 aliphatic rings. The highest BCUT2D eigenvalue weighted by atomic mass is 29.9. The first-order valence-electron chi connectivity index (χ1n) is 10.1. The van der Waals surface area contributed by atoms with Crippen LogP contribution in [0.1, 0.15) is 0 Å². The number of aromatic nitrogens is 1. The zero-order chi connectivity index (χ0) is 20.3. The molecule has 0 unspecified atom stereocenters. The number of benzene rings is 2. The van der Waals surface area contributed by atoms with Crippen LogP contribution in [0, 0.1) is 0 Å². The predicted octanol–water partition coefficient (Wildman–Crippen LogP) is 6.29. The summed E-state index contributed by atoms with van der Waals surface area (Å²) in [6.07, 6.45) is 0. The van der Waals surface area contributed by atoms with Crippen molar-refractivity contribution in [3.8, 4) is 0 Å². The molecule has 3 rings (SSSR count). The van der Waals surface area contributed by atoms with E-state index in [0.29, 0.717) is 0 Å². The molecule has 0 saturated heterocycles. The van der Waals surface area contributed by atoms with Crippen LogP contribution < -0.4 is 5.32 Å². The van der Waals surface area contributed by atoms with Gasteiger partial charge < -0.3 is 0 Å². The maximum atomic E-state index is 5.54. The van der Waals surface area contributed by atoms with E-state index in [9.17, 15) is 0 Å². The lowest BCUT2D eigenvalue weighted by atomic mass is 10.1. The minimum absolute atomic E-state index is 1.19. The number of pyridine rings is 1. The SMILES string of the molecule is C[Si](C)(C)[Si](c1nc2ccccc2c2ccccc12)([Si](C)(C)C)[Si](C)(C)C. The van der Waals surface area contributed by atoms with Crippen LogP contribution in [-0.4, -0.2) is 34.4 Å². The minimum atomic E-state index is -1.75. The number of hydrogen-bond donors (Lipinski definition) is 0. The largest absolute Gasteiger partial charge is 0.258 e. The Hall–Kier alpha value is -1.02. The molecular formula is C22H35NSi4. The van der Waals surface area contributed by atoms with Crippen LogP contribution in [0.25, 0.3) is 21.7 Å². The monoisotopic (exact) mass is 425 g/mol. The molecule has 0 radical (unpaired) electrons. The highest BCUT2D eigenvalue weighted by molar-refractivity contribution is 7.92. The van der Waals surface area contributed by atoms with Gasteiger partial charge in [0.1, 0.15) is 0 Å². The minimum Gasteiger partial charge on any atom is -0.258 e. The van der Waals surface area contributed by atoms with E-state index in [-0.39, 0.29) is 0 Å². The Kier molecular flexibility index (Phi) is 4.99. The average molecular weight is 426 g/mol. The molecule has 5 heteroatoms. The fourth-order valence-corrected chi connectivity index (χ4v) is 106. The molecule has 0 atom stereocenters. The quantitative estimate of drug-likeness (QED) is 0.353. The Balaban J connectivity index is 2.63. The molecule has 0 amide bonds. The van der Waals surface area contributed by atoms with Gasteiger partial charge >= 0.3 is 0 Å². The maximum absolute atomic E-state index is 5.54. The first-order chi connectivity index (χ1) is 12.3. The third-order valence-corrected chi connectivity index (χ3v) is 77.1. The normalized spacial score (nSPS) is 14.1. The molecule has 144 valence electrons. The summed E-state index contributed by atoms with van der Waals surface area (Å²) in [5, 5.41) is 5.73. The Bertz CT molecular complexity index is 955. The van der Waals surface area contributed by atoms with E-state index in [0.717, 1.165) is 0 Å². The highest BCUT2D eigenvalue weighted by Gasteiger charge is 2.64. The van der Waals surface area contributed by atoms with E-state index in [4.69, 9.17) is 4.98 Å². The van der Waals surface area contributed by atoms with Gasteiger partial charge in [0.05, 0.1) is 12.1 Å². The summed E-state index contributed by atoms with van der Waals surface area (Å²) in [6, 6.07) is 17.9. The molecule has 0 N–H and O–H groups in total. The summed E-state index contributed by atoms with van der Waals surface area (Å²) >= 11 is 0. The summed E-state index contributed by atoms with van der Waals surface area (Å²) in [5.41, 5.74) is 1.19. The topological polar surface area (TPSA) is 12.9 Å². The van der Waals surface area contributed by atoms with Gasteiger partial charge in [0.15, 0.2) is 0 Å². The van der Waals surface area contributed by atoms with Gasteiger partial charge in [-0.3, -0.25) is 4.98 Å². The van der Waals surface area contributed by atoms with Crippen LogP contribution in [0.3, 0.4) is 0 Å². The van der Waals surface area contributed by atoms with Crippen molar-refractivity contribution in [1.82, 2.24) is 4.98 Å². The Morgan fingerprint density at radius 2 is 0.926 bits per heavy atom. The standard InChI is InChI=1S/C22H35NSi4/c1-24(2,3)27(25(4,5)6,26(7,8)9)22-20-16-11-10-14-18(20)19-15-12-13-17-21(19)23-22/h10-17H,1-9H3. The van der Waals surface area contributed by atoms with E-state index >= 15 is 0 Å². The molecule has 1 nitrogen and oxygen atoms in total. The lowest BCUT2D eigenvalue weighted by Gasteiger charge is -2.57. The second-order valence-electron chi connectivity index (χ2n) is 11.0. The van der Waals surface area contributed by atoms with Crippen molar-refractivity contribution in [2.75, 3.05) is 0 Å². The van der Waals surface area contributed by atoms with Gasteiger partial charge in [-0.25, -0.2) is 0 Å². The number of fused-ring (bicyclic) bond motifs is 3. The molecular weight excluding hydrogens is 391 g/mol. The second kappa shape index (κ2) is 6.51. The van der Waals surface area contributed by atoms with Crippen LogP contribution >= 0.6 is 0 Å². The number of hydrogen-bond acceptors (Lipinski definition) is 1. The third-order valence-electron chi connectivity index (χ3n) is 6.34. The molecule has 0 saturated carbocycles. The smallest absolute Gasteiger partial charge is 0.0917 e. The van der Waals surface area contributed by atoms with Crippen molar-refractivity contribution >= 4 is 56.4 Å². The maximum Gasteiger partial charge on any atom is 0.0917 e. The molecule has 0 fully saturated rings. The van der Waals surface area contributed by atoms with Crippen molar-refractivity contribution in [2.24, 2.45) is 0 Å². The predicted molar refractivity (Wildman–Crippen MR) is 135 cm³/mol. The third kappa shape index (κ3) is 3.03. The van der Waals surface area contributed by atoms with E-state index in [1.54, 1.807) is 5.32 Å². The summed E-state index contributed by atoms with van der Waals surface area (Å²) in [6.45, 7) is 22.1. The molecule has 1 aromatic heterocycles. The van der Waals surface area contributed by atoms with Gasteiger partial charge in [-0.1, -0.05) is 101 Å². The zero-order valence-corrected chi connectivity index (χ0v) is 22.6. The van der Waals surface area contributed by atoms with Crippen LogP contribution in [0.5, 0.6) is 0 Å². The van der Waals surface area contributed by atoms with Gasteiger partial charge in [0.25, 0.3) is 0 Å². The van der Waals surface area contributed by atoms with Crippen LogP contribution in [0.2, 0.25) is 58.9 Å². The molecule has 0 aliphatic carbocycles. The van der Waals surface area contributed by atoms with Crippen LogP contribution in [-0.2, 0) is 0 Å². The van der Waals surface area contributed by atoms with E-state index in [1.807, 2.05) is 0 Å². The Morgan fingerprint density at radius 3 is 1.41 bits per heavy atom. The van der Waals surface area contributed by atoms with E-state index < -0.39 is 29.4 Å². The molecule has 0 aliphatic heterocycles. The van der Waals surface area contributed by atoms with Gasteiger partial charge in [-0.2, -0.15) is 0 Å². The summed E-state index contributed by atoms with van der Waals surface area (Å²) in [5.74, 6) is 0. The molecule has 2 aromatic carbocycles. The van der Waals surface area contributed by atoms with Gasteiger partial charge in [0, 0.05) is 33.5 Å². The fourth-order valence-electron chi connectivity index (χ4n) is 6.63. The first-order valence-corrected chi connectivity index (χ1v) is 25.6. The summed E-state index contributed by atoms with van der Waals surface area (Å²) in [4.78, 5) is 5.54. The Morgan fingerprint density at radius 1 is 0.519 bits per heavy atom. The molecule has 3 aromatic rings. The number of rotatable bonds is 4.